The van der Waals surface area contributed by atoms with E-state index in [2.05, 4.69) is 22.1 Å². The average molecular weight is 547 g/mol. The van der Waals surface area contributed by atoms with Crippen molar-refractivity contribution in [2.45, 2.75) is 45.7 Å². The molecule has 2 N–H and O–H groups in total. The van der Waals surface area contributed by atoms with Crippen LogP contribution in [-0.4, -0.2) is 44.3 Å². The summed E-state index contributed by atoms with van der Waals surface area (Å²) >= 11 is 6.27. The third-order valence-corrected chi connectivity index (χ3v) is 6.98. The largest absolute Gasteiger partial charge is 0.507 e. The molecule has 1 amide bonds. The third-order valence-electron chi connectivity index (χ3n) is 6.74. The Balaban J connectivity index is 1.61. The Morgan fingerprint density at radius 2 is 1.95 bits per heavy atom. The van der Waals surface area contributed by atoms with E-state index in [4.69, 9.17) is 21.1 Å². The van der Waals surface area contributed by atoms with E-state index >= 15 is 0 Å². The van der Waals surface area contributed by atoms with Gasteiger partial charge in [0.1, 0.15) is 17.1 Å². The number of hydrogen-bond donors (Lipinski definition) is 2. The molecule has 9 heteroatoms. The molecule has 3 heterocycles. The first-order valence-electron chi connectivity index (χ1n) is 13.2. The molecule has 1 aliphatic rings. The summed E-state index contributed by atoms with van der Waals surface area (Å²) in [4.78, 5) is 19.7. The monoisotopic (exact) mass is 546 g/mol. The van der Waals surface area contributed by atoms with Crippen LogP contribution in [0.15, 0.2) is 60.9 Å². The molecule has 5 rings (SSSR count). The highest BCUT2D eigenvalue weighted by Gasteiger charge is 2.43. The standard InChI is InChI=1S/C30H31ClN4O4/c1-3-5-6-14-39-24-12-9-20(15-25(24)38-4-2)29-26-27(22-16-21(31)10-11-23(22)36)33-34-28(26)30(37)35(29)18-19-8-7-13-32-17-19/h7-13,15-17,29,36H,3-6,14,18H2,1-2H3,(H,33,34). The molecule has 39 heavy (non-hydrogen) atoms. The van der Waals surface area contributed by atoms with Crippen molar-refractivity contribution in [3.8, 4) is 28.5 Å². The van der Waals surface area contributed by atoms with Crippen molar-refractivity contribution in [3.05, 3.63) is 88.3 Å². The Bertz CT molecular complexity index is 1460. The summed E-state index contributed by atoms with van der Waals surface area (Å²) in [6.45, 7) is 5.49. The lowest BCUT2D eigenvalue weighted by molar-refractivity contribution is 0.0729. The molecule has 0 saturated heterocycles. The lowest BCUT2D eigenvalue weighted by Crippen LogP contribution is -2.29. The molecule has 0 radical (unpaired) electrons. The number of aromatic hydroxyl groups is 1. The molecule has 4 aromatic rings. The average Bonchev–Trinajstić information content (AvgIpc) is 3.48. The lowest BCUT2D eigenvalue weighted by atomic mass is 9.95. The summed E-state index contributed by atoms with van der Waals surface area (Å²) in [6.07, 6.45) is 6.62. The second-order valence-electron chi connectivity index (χ2n) is 9.41. The highest BCUT2D eigenvalue weighted by atomic mass is 35.5. The zero-order chi connectivity index (χ0) is 27.4. The number of amides is 1. The van der Waals surface area contributed by atoms with Crippen molar-refractivity contribution in [3.63, 3.8) is 0 Å². The number of H-pyrrole nitrogens is 1. The summed E-state index contributed by atoms with van der Waals surface area (Å²) in [5, 5.41) is 18.5. The highest BCUT2D eigenvalue weighted by molar-refractivity contribution is 6.31. The van der Waals surface area contributed by atoms with Crippen LogP contribution in [0.3, 0.4) is 0 Å². The van der Waals surface area contributed by atoms with Crippen LogP contribution >= 0.6 is 11.6 Å². The molecule has 2 aromatic carbocycles. The summed E-state index contributed by atoms with van der Waals surface area (Å²) in [5.41, 5.74) is 3.68. The number of benzene rings is 2. The Hall–Kier alpha value is -4.04. The quantitative estimate of drug-likeness (QED) is 0.207. The summed E-state index contributed by atoms with van der Waals surface area (Å²) in [5.74, 6) is 1.11. The summed E-state index contributed by atoms with van der Waals surface area (Å²) in [6, 6.07) is 13.8. The fourth-order valence-corrected chi connectivity index (χ4v) is 5.09. The molecule has 0 saturated carbocycles. The van der Waals surface area contributed by atoms with Crippen molar-refractivity contribution in [2.75, 3.05) is 13.2 Å². The molecule has 1 atom stereocenters. The molecular formula is C30H31ClN4O4. The summed E-state index contributed by atoms with van der Waals surface area (Å²) < 4.78 is 12.0. The second kappa shape index (κ2) is 11.8. The number of phenolic OH excluding ortho intramolecular Hbond substituents is 1. The van der Waals surface area contributed by atoms with E-state index in [1.54, 1.807) is 29.4 Å². The smallest absolute Gasteiger partial charge is 0.273 e. The van der Waals surface area contributed by atoms with Crippen molar-refractivity contribution in [1.29, 1.82) is 0 Å². The van der Waals surface area contributed by atoms with Gasteiger partial charge < -0.3 is 19.5 Å². The second-order valence-corrected chi connectivity index (χ2v) is 9.85. The van der Waals surface area contributed by atoms with Crippen molar-refractivity contribution >= 4 is 17.5 Å². The van der Waals surface area contributed by atoms with Crippen LogP contribution in [0.5, 0.6) is 17.2 Å². The first-order chi connectivity index (χ1) is 19.0. The number of fused-ring (bicyclic) bond motifs is 1. The topological polar surface area (TPSA) is 101 Å². The number of ether oxygens (including phenoxy) is 2. The molecule has 1 unspecified atom stereocenters. The number of halogens is 1. The fraction of sp³-hybridized carbons (Fsp3) is 0.300. The predicted octanol–water partition coefficient (Wildman–Crippen LogP) is 6.54. The number of hydrogen-bond acceptors (Lipinski definition) is 6. The number of aromatic nitrogens is 3. The first kappa shape index (κ1) is 26.6. The molecule has 1 aliphatic heterocycles. The highest BCUT2D eigenvalue weighted by Crippen LogP contribution is 2.46. The molecule has 2 aromatic heterocycles. The Morgan fingerprint density at radius 1 is 1.08 bits per heavy atom. The van der Waals surface area contributed by atoms with Crippen LogP contribution < -0.4 is 9.47 Å². The van der Waals surface area contributed by atoms with Crippen LogP contribution in [0, 0.1) is 0 Å². The van der Waals surface area contributed by atoms with Gasteiger partial charge in [0, 0.05) is 35.1 Å². The Kier molecular flexibility index (Phi) is 8.02. The lowest BCUT2D eigenvalue weighted by Gasteiger charge is -2.27. The van der Waals surface area contributed by atoms with Gasteiger partial charge in [-0.15, -0.1) is 0 Å². The van der Waals surface area contributed by atoms with Crippen molar-refractivity contribution < 1.29 is 19.4 Å². The molecule has 8 nitrogen and oxygen atoms in total. The van der Waals surface area contributed by atoms with E-state index in [0.717, 1.165) is 30.4 Å². The molecule has 0 aliphatic carbocycles. The molecule has 0 spiro atoms. The van der Waals surface area contributed by atoms with Crippen LogP contribution in [-0.2, 0) is 6.54 Å². The maximum absolute atomic E-state index is 13.8. The SMILES string of the molecule is CCCCCOc1ccc(C2c3c(-c4cc(Cl)ccc4O)n[nH]c3C(=O)N2Cc2cccnc2)cc1OCC. The normalized spacial score (nSPS) is 14.5. The van der Waals surface area contributed by atoms with E-state index in [9.17, 15) is 9.90 Å². The van der Waals surface area contributed by atoms with Gasteiger partial charge in [0.2, 0.25) is 0 Å². The number of rotatable bonds is 11. The van der Waals surface area contributed by atoms with Crippen molar-refractivity contribution in [1.82, 2.24) is 20.1 Å². The number of nitrogens with zero attached hydrogens (tertiary/aromatic N) is 3. The van der Waals surface area contributed by atoms with E-state index < -0.39 is 6.04 Å². The van der Waals surface area contributed by atoms with Crippen LogP contribution in [0.4, 0.5) is 0 Å². The number of carbonyl (C=O) groups is 1. The van der Waals surface area contributed by atoms with Gasteiger partial charge in [-0.1, -0.05) is 43.5 Å². The van der Waals surface area contributed by atoms with Gasteiger partial charge in [-0.05, 0) is 60.9 Å². The van der Waals surface area contributed by atoms with Crippen molar-refractivity contribution in [2.24, 2.45) is 0 Å². The molecule has 0 fully saturated rings. The predicted molar refractivity (Wildman–Crippen MR) is 149 cm³/mol. The van der Waals surface area contributed by atoms with Crippen LogP contribution in [0.2, 0.25) is 5.02 Å². The minimum Gasteiger partial charge on any atom is -0.507 e. The Labute approximate surface area is 232 Å². The number of carbonyl (C=O) groups excluding carboxylic acids is 1. The summed E-state index contributed by atoms with van der Waals surface area (Å²) in [7, 11) is 0. The minimum absolute atomic E-state index is 0.0245. The maximum atomic E-state index is 13.8. The van der Waals surface area contributed by atoms with Gasteiger partial charge >= 0.3 is 0 Å². The van der Waals surface area contributed by atoms with Crippen LogP contribution in [0.25, 0.3) is 11.3 Å². The molecule has 202 valence electrons. The third kappa shape index (κ3) is 5.43. The van der Waals surface area contributed by atoms with E-state index in [-0.39, 0.29) is 11.7 Å². The van der Waals surface area contributed by atoms with Gasteiger partial charge in [-0.3, -0.25) is 14.9 Å². The van der Waals surface area contributed by atoms with Gasteiger partial charge in [-0.25, -0.2) is 0 Å². The van der Waals surface area contributed by atoms with E-state index in [1.165, 1.54) is 6.07 Å². The van der Waals surface area contributed by atoms with Crippen LogP contribution in [0.1, 0.15) is 66.3 Å². The van der Waals surface area contributed by atoms with Gasteiger partial charge in [0.15, 0.2) is 11.5 Å². The van der Waals surface area contributed by atoms with Gasteiger partial charge in [0.25, 0.3) is 5.91 Å². The Morgan fingerprint density at radius 3 is 2.72 bits per heavy atom. The van der Waals surface area contributed by atoms with Gasteiger partial charge in [0.05, 0.1) is 19.3 Å². The number of unbranched alkanes of at least 4 members (excludes halogenated alkanes) is 2. The van der Waals surface area contributed by atoms with Gasteiger partial charge in [-0.2, -0.15) is 5.10 Å². The van der Waals surface area contributed by atoms with E-state index in [1.807, 2.05) is 37.3 Å². The zero-order valence-electron chi connectivity index (χ0n) is 22.0. The van der Waals surface area contributed by atoms with E-state index in [0.29, 0.717) is 58.8 Å². The number of pyridine rings is 1. The minimum atomic E-state index is -0.506. The fourth-order valence-electron chi connectivity index (χ4n) is 4.91. The number of phenols is 1. The first-order valence-corrected chi connectivity index (χ1v) is 13.6. The number of aromatic amines is 1. The zero-order valence-corrected chi connectivity index (χ0v) is 22.7. The molecule has 0 bridgehead atoms. The molecular weight excluding hydrogens is 516 g/mol. The maximum Gasteiger partial charge on any atom is 0.273 e. The number of nitrogens with one attached hydrogen (secondary N) is 1.